The Morgan fingerprint density at radius 2 is 1.76 bits per heavy atom. The Bertz CT molecular complexity index is 745. The molecule has 2 unspecified atom stereocenters. The molecule has 3 aliphatic rings. The molecule has 0 bridgehead atoms. The van der Waals surface area contributed by atoms with Crippen molar-refractivity contribution in [1.82, 2.24) is 0 Å². The van der Waals surface area contributed by atoms with Crippen LogP contribution in [0.5, 0.6) is 0 Å². The minimum absolute atomic E-state index is 0.0182. The number of ether oxygens (including phenoxy) is 1. The maximum Gasteiger partial charge on any atom is 0.189 e. The minimum atomic E-state index is -0.470. The van der Waals surface area contributed by atoms with E-state index in [-0.39, 0.29) is 11.9 Å². The maximum absolute atomic E-state index is 12.4. The summed E-state index contributed by atoms with van der Waals surface area (Å²) in [6.45, 7) is 0. The van der Waals surface area contributed by atoms with Crippen LogP contribution in [0.3, 0.4) is 0 Å². The van der Waals surface area contributed by atoms with Gasteiger partial charge in [-0.15, -0.1) is 0 Å². The molecular weight excluding hydrogens is 260 g/mol. The third-order valence-electron chi connectivity index (χ3n) is 3.92. The first-order chi connectivity index (χ1) is 10.3. The molecule has 0 radical (unpaired) electrons. The molecule has 1 aliphatic heterocycles. The van der Waals surface area contributed by atoms with E-state index in [1.165, 1.54) is 0 Å². The van der Waals surface area contributed by atoms with E-state index in [1.807, 2.05) is 54.6 Å². The molecule has 2 aliphatic carbocycles. The van der Waals surface area contributed by atoms with Crippen molar-refractivity contribution < 1.29 is 9.53 Å². The molecule has 21 heavy (non-hydrogen) atoms. The fourth-order valence-corrected chi connectivity index (χ4v) is 2.88. The number of carbonyl (C=O) groups excluding carboxylic acids is 1. The van der Waals surface area contributed by atoms with Crippen LogP contribution in [0, 0.1) is 0 Å². The first-order valence-electron chi connectivity index (χ1n) is 7.06. The van der Waals surface area contributed by atoms with Gasteiger partial charge in [0.25, 0.3) is 0 Å². The second-order valence-electron chi connectivity index (χ2n) is 5.34. The second-order valence-corrected chi connectivity index (χ2v) is 5.34. The summed E-state index contributed by atoms with van der Waals surface area (Å²) in [6, 6.07) is 9.95. The van der Waals surface area contributed by atoms with Gasteiger partial charge in [0.05, 0.1) is 0 Å². The van der Waals surface area contributed by atoms with Crippen molar-refractivity contribution in [3.05, 3.63) is 89.6 Å². The average molecular weight is 274 g/mol. The molecule has 2 heteroatoms. The van der Waals surface area contributed by atoms with Crippen LogP contribution in [-0.2, 0) is 9.53 Å². The number of hydrogen-bond acceptors (Lipinski definition) is 2. The number of hydrogen-bond donors (Lipinski definition) is 0. The van der Waals surface area contributed by atoms with E-state index in [1.54, 1.807) is 6.08 Å². The van der Waals surface area contributed by atoms with E-state index in [0.717, 1.165) is 22.3 Å². The van der Waals surface area contributed by atoms with Crippen LogP contribution in [0.1, 0.15) is 5.56 Å². The molecule has 0 fully saturated rings. The zero-order valence-electron chi connectivity index (χ0n) is 11.4. The van der Waals surface area contributed by atoms with E-state index in [0.29, 0.717) is 0 Å². The fourth-order valence-electron chi connectivity index (χ4n) is 2.88. The lowest BCUT2D eigenvalue weighted by Crippen LogP contribution is -2.35. The first kappa shape index (κ1) is 12.3. The normalized spacial score (nSPS) is 26.5. The molecule has 1 aromatic rings. The third-order valence-corrected chi connectivity index (χ3v) is 3.92. The highest BCUT2D eigenvalue weighted by molar-refractivity contribution is 6.06. The Hall–Kier alpha value is -2.45. The van der Waals surface area contributed by atoms with Crippen LogP contribution in [0.25, 0.3) is 5.57 Å². The Balaban J connectivity index is 1.77. The van der Waals surface area contributed by atoms with E-state index in [2.05, 4.69) is 12.2 Å². The van der Waals surface area contributed by atoms with Gasteiger partial charge in [0.2, 0.25) is 0 Å². The van der Waals surface area contributed by atoms with E-state index < -0.39 is 6.10 Å². The summed E-state index contributed by atoms with van der Waals surface area (Å²) in [5.41, 5.74) is 4.03. The van der Waals surface area contributed by atoms with Gasteiger partial charge in [-0.3, -0.25) is 4.79 Å². The Kier molecular flexibility index (Phi) is 2.83. The van der Waals surface area contributed by atoms with Crippen molar-refractivity contribution in [2.45, 2.75) is 12.2 Å². The summed E-state index contributed by atoms with van der Waals surface area (Å²) in [5.74, 6) is 0.0182. The summed E-state index contributed by atoms with van der Waals surface area (Å²) in [5, 5.41) is 0. The van der Waals surface area contributed by atoms with Gasteiger partial charge in [0.15, 0.2) is 5.78 Å². The molecule has 1 heterocycles. The first-order valence-corrected chi connectivity index (χ1v) is 7.06. The number of benzene rings is 1. The van der Waals surface area contributed by atoms with Gasteiger partial charge < -0.3 is 4.74 Å². The Labute approximate surface area is 123 Å². The summed E-state index contributed by atoms with van der Waals surface area (Å²) < 4.78 is 5.92. The SMILES string of the molecule is O=C1C=C(c2ccccc2)C=C2C=C3C=CC=CC3OC12. The van der Waals surface area contributed by atoms with Crippen molar-refractivity contribution in [2.24, 2.45) is 0 Å². The zero-order chi connectivity index (χ0) is 14.2. The molecule has 1 aromatic carbocycles. The van der Waals surface area contributed by atoms with Crippen molar-refractivity contribution in [1.29, 1.82) is 0 Å². The monoisotopic (exact) mass is 274 g/mol. The van der Waals surface area contributed by atoms with Crippen LogP contribution >= 0.6 is 0 Å². The van der Waals surface area contributed by atoms with Crippen molar-refractivity contribution in [3.63, 3.8) is 0 Å². The molecule has 0 saturated carbocycles. The summed E-state index contributed by atoms with van der Waals surface area (Å²) in [6.07, 6.45) is 13.2. The zero-order valence-corrected chi connectivity index (χ0v) is 11.4. The Morgan fingerprint density at radius 3 is 2.62 bits per heavy atom. The van der Waals surface area contributed by atoms with Crippen LogP contribution in [0.4, 0.5) is 0 Å². The molecule has 4 rings (SSSR count). The predicted octanol–water partition coefficient (Wildman–Crippen LogP) is 3.40. The molecule has 2 atom stereocenters. The van der Waals surface area contributed by atoms with Crippen LogP contribution in [-0.4, -0.2) is 18.0 Å². The lowest BCUT2D eigenvalue weighted by molar-refractivity contribution is -0.124. The van der Waals surface area contributed by atoms with E-state index in [4.69, 9.17) is 4.74 Å². The number of carbonyl (C=O) groups is 1. The quantitative estimate of drug-likeness (QED) is 0.784. The third kappa shape index (κ3) is 2.14. The standard InChI is InChI=1S/C19H14O2/c20-17-12-15(13-6-2-1-3-7-13)11-16-10-14-8-4-5-9-18(14)21-19(16)17/h1-12,18-19H. The molecule has 102 valence electrons. The van der Waals surface area contributed by atoms with Crippen LogP contribution < -0.4 is 0 Å². The molecule has 0 aromatic heterocycles. The van der Waals surface area contributed by atoms with Crippen molar-refractivity contribution in [2.75, 3.05) is 0 Å². The summed E-state index contributed by atoms with van der Waals surface area (Å²) >= 11 is 0. The van der Waals surface area contributed by atoms with E-state index >= 15 is 0 Å². The topological polar surface area (TPSA) is 26.3 Å². The molecule has 2 nitrogen and oxygen atoms in total. The van der Waals surface area contributed by atoms with Gasteiger partial charge in [0, 0.05) is 0 Å². The molecule has 0 amide bonds. The molecule has 0 spiro atoms. The molecule has 0 N–H and O–H groups in total. The van der Waals surface area contributed by atoms with Crippen molar-refractivity contribution in [3.8, 4) is 0 Å². The highest BCUT2D eigenvalue weighted by atomic mass is 16.5. The average Bonchev–Trinajstić information content (AvgIpc) is 2.54. The van der Waals surface area contributed by atoms with Gasteiger partial charge in [-0.2, -0.15) is 0 Å². The smallest absolute Gasteiger partial charge is 0.189 e. The van der Waals surface area contributed by atoms with Gasteiger partial charge in [0.1, 0.15) is 12.2 Å². The largest absolute Gasteiger partial charge is 0.353 e. The number of allylic oxidation sites excluding steroid dienone is 4. The molecule has 0 saturated heterocycles. The van der Waals surface area contributed by atoms with E-state index in [9.17, 15) is 4.79 Å². The molecular formula is C19H14O2. The number of ketones is 1. The van der Waals surface area contributed by atoms with Gasteiger partial charge in [-0.25, -0.2) is 0 Å². The van der Waals surface area contributed by atoms with Crippen LogP contribution in [0.2, 0.25) is 0 Å². The Morgan fingerprint density at radius 1 is 0.905 bits per heavy atom. The lowest BCUT2D eigenvalue weighted by Gasteiger charge is -2.31. The predicted molar refractivity (Wildman–Crippen MR) is 82.5 cm³/mol. The van der Waals surface area contributed by atoms with Gasteiger partial charge >= 0.3 is 0 Å². The summed E-state index contributed by atoms with van der Waals surface area (Å²) in [4.78, 5) is 12.4. The van der Waals surface area contributed by atoms with Crippen molar-refractivity contribution >= 4 is 11.4 Å². The maximum atomic E-state index is 12.4. The highest BCUT2D eigenvalue weighted by Gasteiger charge is 2.32. The lowest BCUT2D eigenvalue weighted by atomic mass is 9.87. The van der Waals surface area contributed by atoms with Gasteiger partial charge in [-0.1, -0.05) is 54.6 Å². The van der Waals surface area contributed by atoms with Gasteiger partial charge in [-0.05, 0) is 40.5 Å². The number of rotatable bonds is 1. The number of fused-ring (bicyclic) bond motifs is 2. The minimum Gasteiger partial charge on any atom is -0.353 e. The highest BCUT2D eigenvalue weighted by Crippen LogP contribution is 2.33. The summed E-state index contributed by atoms with van der Waals surface area (Å²) in [7, 11) is 0. The fraction of sp³-hybridized carbons (Fsp3) is 0.105. The van der Waals surface area contributed by atoms with Crippen LogP contribution in [0.15, 0.2) is 84.0 Å². The second kappa shape index (κ2) is 4.83.